The smallest absolute Gasteiger partial charge is 0.243 e. The molecule has 0 bridgehead atoms. The molecule has 0 heterocycles. The lowest BCUT2D eigenvalue weighted by Gasteiger charge is -2.37. The Morgan fingerprint density at radius 3 is 2.84 bits per heavy atom. The van der Waals surface area contributed by atoms with Gasteiger partial charge in [-0.15, -0.1) is 0 Å². The number of carbonyl (C=O) groups is 1. The Bertz CT molecular complexity index is 428. The number of ether oxygens (including phenoxy) is 1. The molecule has 0 unspecified atom stereocenters. The highest BCUT2D eigenvalue weighted by molar-refractivity contribution is 5.74. The molecule has 4 nitrogen and oxygen atoms in total. The van der Waals surface area contributed by atoms with E-state index < -0.39 is 5.91 Å². The average Bonchev–Trinajstić information content (AvgIpc) is 2.32. The van der Waals surface area contributed by atoms with Gasteiger partial charge < -0.3 is 15.8 Å². The SMILES string of the molecule is Cc1ccccc1C1CC(NCCOCC(N)=O)C1. The Morgan fingerprint density at radius 1 is 1.42 bits per heavy atom. The van der Waals surface area contributed by atoms with E-state index in [1.807, 2.05) is 0 Å². The molecule has 1 aliphatic carbocycles. The van der Waals surface area contributed by atoms with Crippen LogP contribution in [0.3, 0.4) is 0 Å². The first-order valence-electron chi connectivity index (χ1n) is 6.81. The van der Waals surface area contributed by atoms with Crippen molar-refractivity contribution in [2.75, 3.05) is 19.8 Å². The number of amides is 1. The van der Waals surface area contributed by atoms with Crippen LogP contribution >= 0.6 is 0 Å². The summed E-state index contributed by atoms with van der Waals surface area (Å²) in [6.07, 6.45) is 2.36. The first-order chi connectivity index (χ1) is 9.16. The second-order valence-electron chi connectivity index (χ2n) is 5.19. The Morgan fingerprint density at radius 2 is 2.16 bits per heavy atom. The minimum Gasteiger partial charge on any atom is -0.370 e. The Kier molecular flexibility index (Phi) is 4.93. The Hall–Kier alpha value is -1.39. The van der Waals surface area contributed by atoms with Crippen LogP contribution in [0.1, 0.15) is 29.9 Å². The summed E-state index contributed by atoms with van der Waals surface area (Å²) in [7, 11) is 0. The maximum absolute atomic E-state index is 10.5. The molecule has 0 radical (unpaired) electrons. The number of carbonyl (C=O) groups excluding carboxylic acids is 1. The summed E-state index contributed by atoms with van der Waals surface area (Å²) in [5.74, 6) is 0.272. The zero-order chi connectivity index (χ0) is 13.7. The molecule has 0 aromatic heterocycles. The second kappa shape index (κ2) is 6.68. The van der Waals surface area contributed by atoms with Gasteiger partial charge in [-0.25, -0.2) is 0 Å². The summed E-state index contributed by atoms with van der Waals surface area (Å²) in [6.45, 7) is 3.50. The third-order valence-corrected chi connectivity index (χ3v) is 3.69. The van der Waals surface area contributed by atoms with E-state index in [9.17, 15) is 4.79 Å². The standard InChI is InChI=1S/C15H22N2O2/c1-11-4-2-3-5-14(11)12-8-13(9-12)17-6-7-19-10-15(16)18/h2-5,12-13,17H,6-10H2,1H3,(H2,16,18). The van der Waals surface area contributed by atoms with Gasteiger partial charge in [0, 0.05) is 12.6 Å². The molecule has 104 valence electrons. The van der Waals surface area contributed by atoms with Crippen LogP contribution in [0, 0.1) is 6.92 Å². The molecule has 0 spiro atoms. The largest absolute Gasteiger partial charge is 0.370 e. The van der Waals surface area contributed by atoms with E-state index in [4.69, 9.17) is 10.5 Å². The van der Waals surface area contributed by atoms with Crippen molar-refractivity contribution in [2.24, 2.45) is 5.73 Å². The number of benzene rings is 1. The van der Waals surface area contributed by atoms with Gasteiger partial charge in [0.25, 0.3) is 0 Å². The summed E-state index contributed by atoms with van der Waals surface area (Å²) in [5.41, 5.74) is 7.85. The maximum atomic E-state index is 10.5. The van der Waals surface area contributed by atoms with E-state index in [-0.39, 0.29) is 6.61 Å². The highest BCUT2D eigenvalue weighted by Crippen LogP contribution is 2.38. The fourth-order valence-corrected chi connectivity index (χ4v) is 2.59. The number of nitrogens with one attached hydrogen (secondary N) is 1. The van der Waals surface area contributed by atoms with Gasteiger partial charge in [-0.3, -0.25) is 4.79 Å². The molecule has 0 atom stereocenters. The van der Waals surface area contributed by atoms with Crippen LogP contribution < -0.4 is 11.1 Å². The van der Waals surface area contributed by atoms with Gasteiger partial charge in [0.2, 0.25) is 5.91 Å². The molecule has 1 amide bonds. The van der Waals surface area contributed by atoms with Gasteiger partial charge in [-0.2, -0.15) is 0 Å². The van der Waals surface area contributed by atoms with E-state index in [1.54, 1.807) is 0 Å². The minimum absolute atomic E-state index is 0.0121. The van der Waals surface area contributed by atoms with Crippen LogP contribution in [0.25, 0.3) is 0 Å². The molecule has 19 heavy (non-hydrogen) atoms. The van der Waals surface area contributed by atoms with Gasteiger partial charge in [0.1, 0.15) is 6.61 Å². The van der Waals surface area contributed by atoms with Crippen molar-refractivity contribution in [3.8, 4) is 0 Å². The molecule has 0 saturated heterocycles. The Balaban J connectivity index is 1.62. The topological polar surface area (TPSA) is 64.3 Å². The molecule has 1 aromatic carbocycles. The lowest BCUT2D eigenvalue weighted by atomic mass is 9.74. The first-order valence-corrected chi connectivity index (χ1v) is 6.81. The predicted molar refractivity (Wildman–Crippen MR) is 75.0 cm³/mol. The predicted octanol–water partition coefficient (Wildman–Crippen LogP) is 1.33. The summed E-state index contributed by atoms with van der Waals surface area (Å²) in [4.78, 5) is 10.5. The van der Waals surface area contributed by atoms with E-state index >= 15 is 0 Å². The molecule has 1 saturated carbocycles. The number of hydrogen-bond donors (Lipinski definition) is 2. The quantitative estimate of drug-likeness (QED) is 0.729. The zero-order valence-corrected chi connectivity index (χ0v) is 11.4. The Labute approximate surface area is 114 Å². The third-order valence-electron chi connectivity index (χ3n) is 3.69. The highest BCUT2D eigenvalue weighted by atomic mass is 16.5. The molecule has 2 rings (SSSR count). The monoisotopic (exact) mass is 262 g/mol. The van der Waals surface area contributed by atoms with Gasteiger partial charge in [-0.1, -0.05) is 24.3 Å². The highest BCUT2D eigenvalue weighted by Gasteiger charge is 2.30. The molecular formula is C15H22N2O2. The number of aryl methyl sites for hydroxylation is 1. The summed E-state index contributed by atoms with van der Waals surface area (Å²) in [5, 5.41) is 3.43. The van der Waals surface area contributed by atoms with Gasteiger partial charge in [0.15, 0.2) is 0 Å². The number of primary amides is 1. The van der Waals surface area contributed by atoms with Crippen LogP contribution in [-0.2, 0) is 9.53 Å². The fraction of sp³-hybridized carbons (Fsp3) is 0.533. The second-order valence-corrected chi connectivity index (χ2v) is 5.19. The molecule has 1 aromatic rings. The molecule has 1 fully saturated rings. The average molecular weight is 262 g/mol. The van der Waals surface area contributed by atoms with Crippen molar-refractivity contribution < 1.29 is 9.53 Å². The van der Waals surface area contributed by atoms with Crippen molar-refractivity contribution in [1.82, 2.24) is 5.32 Å². The molecule has 3 N–H and O–H groups in total. The van der Waals surface area contributed by atoms with E-state index in [2.05, 4.69) is 36.5 Å². The van der Waals surface area contributed by atoms with Crippen LogP contribution in [-0.4, -0.2) is 31.7 Å². The van der Waals surface area contributed by atoms with Crippen LogP contribution in [0.2, 0.25) is 0 Å². The van der Waals surface area contributed by atoms with Crippen molar-refractivity contribution in [3.63, 3.8) is 0 Å². The first kappa shape index (κ1) is 14.0. The van der Waals surface area contributed by atoms with Crippen LogP contribution in [0.15, 0.2) is 24.3 Å². The maximum Gasteiger partial charge on any atom is 0.243 e. The van der Waals surface area contributed by atoms with Crippen molar-refractivity contribution in [2.45, 2.75) is 31.7 Å². The lowest BCUT2D eigenvalue weighted by molar-refractivity contribution is -0.122. The van der Waals surface area contributed by atoms with Crippen LogP contribution in [0.5, 0.6) is 0 Å². The normalized spacial score (nSPS) is 21.9. The van der Waals surface area contributed by atoms with E-state index in [1.165, 1.54) is 24.0 Å². The lowest BCUT2D eigenvalue weighted by Crippen LogP contribution is -2.41. The van der Waals surface area contributed by atoms with Crippen molar-refractivity contribution >= 4 is 5.91 Å². The number of rotatable bonds is 7. The van der Waals surface area contributed by atoms with Crippen molar-refractivity contribution in [3.05, 3.63) is 35.4 Å². The van der Waals surface area contributed by atoms with Crippen LogP contribution in [0.4, 0.5) is 0 Å². The molecule has 4 heteroatoms. The summed E-state index contributed by atoms with van der Waals surface area (Å²) >= 11 is 0. The zero-order valence-electron chi connectivity index (χ0n) is 11.4. The molecule has 1 aliphatic rings. The van der Waals surface area contributed by atoms with E-state index in [0.29, 0.717) is 18.6 Å². The third kappa shape index (κ3) is 4.04. The molecular weight excluding hydrogens is 240 g/mol. The molecule has 0 aliphatic heterocycles. The van der Waals surface area contributed by atoms with Gasteiger partial charge in [0.05, 0.1) is 6.61 Å². The summed E-state index contributed by atoms with van der Waals surface area (Å²) in [6, 6.07) is 9.17. The van der Waals surface area contributed by atoms with Gasteiger partial charge >= 0.3 is 0 Å². The van der Waals surface area contributed by atoms with Crippen molar-refractivity contribution in [1.29, 1.82) is 0 Å². The minimum atomic E-state index is -0.414. The fourth-order valence-electron chi connectivity index (χ4n) is 2.59. The summed E-state index contributed by atoms with van der Waals surface area (Å²) < 4.78 is 5.11. The van der Waals surface area contributed by atoms with Gasteiger partial charge in [-0.05, 0) is 36.8 Å². The number of hydrogen-bond acceptors (Lipinski definition) is 3. The number of nitrogens with two attached hydrogens (primary N) is 1. The van der Waals surface area contributed by atoms with E-state index in [0.717, 1.165) is 6.54 Å².